The molecule has 2 heteroatoms. The van der Waals surface area contributed by atoms with Crippen molar-refractivity contribution in [3.8, 4) is 0 Å². The molecule has 0 aromatic rings. The number of hydrogen-bond acceptors (Lipinski definition) is 2. The van der Waals surface area contributed by atoms with Crippen LogP contribution in [0.4, 0.5) is 0 Å². The molecule has 3 atom stereocenters. The lowest BCUT2D eigenvalue weighted by atomic mass is 9.71. The van der Waals surface area contributed by atoms with Crippen molar-refractivity contribution in [1.82, 2.24) is 0 Å². The minimum Gasteiger partial charge on any atom is -0.374 e. The van der Waals surface area contributed by atoms with E-state index in [1.807, 2.05) is 6.92 Å². The summed E-state index contributed by atoms with van der Waals surface area (Å²) in [6, 6.07) is 0. The average Bonchev–Trinajstić information content (AvgIpc) is 2.62. The molecule has 2 nitrogen and oxygen atoms in total. The van der Waals surface area contributed by atoms with E-state index in [-0.39, 0.29) is 11.5 Å². The maximum absolute atomic E-state index is 11.1. The minimum absolute atomic E-state index is 0.173. The summed E-state index contributed by atoms with van der Waals surface area (Å²) in [6.07, 6.45) is 5.52. The molecule has 2 aliphatic rings. The average molecular weight is 180 g/mol. The number of allylic oxidation sites excluding steroid dienone is 1. The summed E-state index contributed by atoms with van der Waals surface area (Å²) >= 11 is 0. The normalized spacial score (nSPS) is 42.2. The Morgan fingerprint density at radius 2 is 2.46 bits per heavy atom. The molecule has 0 aliphatic carbocycles. The molecule has 0 amide bonds. The van der Waals surface area contributed by atoms with Gasteiger partial charge in [0, 0.05) is 0 Å². The maximum Gasteiger partial charge on any atom is 0.129 e. The Morgan fingerprint density at radius 1 is 1.69 bits per heavy atom. The fraction of sp³-hybridized carbons (Fsp3) is 0.727. The van der Waals surface area contributed by atoms with Crippen molar-refractivity contribution >= 4 is 6.29 Å². The zero-order valence-electron chi connectivity index (χ0n) is 8.08. The molecule has 3 unspecified atom stereocenters. The molecule has 2 fully saturated rings. The monoisotopic (exact) mass is 180 g/mol. The second kappa shape index (κ2) is 2.95. The standard InChI is InChI=1S/C11H16O2/c1-8(2)5-11(7-12)6-9-3-4-10(11)13-9/h7,9-10H,1,3-6H2,2H3. The van der Waals surface area contributed by atoms with Crippen LogP contribution in [0.3, 0.4) is 0 Å². The zero-order chi connectivity index (χ0) is 9.47. The van der Waals surface area contributed by atoms with Crippen LogP contribution in [0.15, 0.2) is 12.2 Å². The molecule has 0 spiro atoms. The van der Waals surface area contributed by atoms with Crippen LogP contribution >= 0.6 is 0 Å². The Kier molecular flexibility index (Phi) is 2.03. The van der Waals surface area contributed by atoms with E-state index in [2.05, 4.69) is 6.58 Å². The molecule has 2 rings (SSSR count). The van der Waals surface area contributed by atoms with E-state index in [1.54, 1.807) is 0 Å². The first kappa shape index (κ1) is 8.95. The first-order valence-corrected chi connectivity index (χ1v) is 4.92. The molecule has 0 N–H and O–H groups in total. The van der Waals surface area contributed by atoms with Gasteiger partial charge in [0.1, 0.15) is 6.29 Å². The van der Waals surface area contributed by atoms with Crippen molar-refractivity contribution in [2.45, 2.75) is 44.8 Å². The smallest absolute Gasteiger partial charge is 0.129 e. The van der Waals surface area contributed by atoms with Crippen LogP contribution < -0.4 is 0 Å². The number of ether oxygens (including phenoxy) is 1. The molecule has 2 aliphatic heterocycles. The molecular weight excluding hydrogens is 164 g/mol. The highest BCUT2D eigenvalue weighted by Gasteiger charge is 2.52. The van der Waals surface area contributed by atoms with Crippen LogP contribution in [-0.2, 0) is 9.53 Å². The van der Waals surface area contributed by atoms with Gasteiger partial charge in [0.2, 0.25) is 0 Å². The van der Waals surface area contributed by atoms with Gasteiger partial charge in [-0.15, -0.1) is 6.58 Å². The highest BCUT2D eigenvalue weighted by molar-refractivity contribution is 5.62. The van der Waals surface area contributed by atoms with E-state index in [4.69, 9.17) is 4.74 Å². The molecule has 72 valence electrons. The molecule has 0 radical (unpaired) electrons. The topological polar surface area (TPSA) is 26.3 Å². The van der Waals surface area contributed by atoms with Gasteiger partial charge in [0.15, 0.2) is 0 Å². The molecule has 2 saturated heterocycles. The van der Waals surface area contributed by atoms with E-state index < -0.39 is 0 Å². The van der Waals surface area contributed by atoms with Gasteiger partial charge >= 0.3 is 0 Å². The zero-order valence-corrected chi connectivity index (χ0v) is 8.08. The summed E-state index contributed by atoms with van der Waals surface area (Å²) < 4.78 is 5.71. The quantitative estimate of drug-likeness (QED) is 0.491. The fourth-order valence-electron chi connectivity index (χ4n) is 2.75. The Morgan fingerprint density at radius 3 is 2.85 bits per heavy atom. The number of carbonyl (C=O) groups excluding carboxylic acids is 1. The first-order valence-electron chi connectivity index (χ1n) is 4.92. The van der Waals surface area contributed by atoms with E-state index in [0.717, 1.165) is 37.5 Å². The van der Waals surface area contributed by atoms with Gasteiger partial charge in [-0.2, -0.15) is 0 Å². The van der Waals surface area contributed by atoms with Gasteiger partial charge < -0.3 is 9.53 Å². The molecule has 0 aromatic heterocycles. The minimum atomic E-state index is -0.227. The summed E-state index contributed by atoms with van der Waals surface area (Å²) in [6.45, 7) is 5.86. The van der Waals surface area contributed by atoms with Gasteiger partial charge in [-0.1, -0.05) is 5.57 Å². The van der Waals surface area contributed by atoms with Crippen LogP contribution in [0.2, 0.25) is 0 Å². The summed E-state index contributed by atoms with van der Waals surface area (Å²) in [5, 5.41) is 0. The Hall–Kier alpha value is -0.630. The second-order valence-electron chi connectivity index (χ2n) is 4.51. The predicted octanol–water partition coefficient (Wildman–Crippen LogP) is 2.09. The summed E-state index contributed by atoms with van der Waals surface area (Å²) in [4.78, 5) is 11.1. The Bertz CT molecular complexity index is 246. The van der Waals surface area contributed by atoms with E-state index in [1.165, 1.54) is 0 Å². The van der Waals surface area contributed by atoms with Crippen molar-refractivity contribution in [2.24, 2.45) is 5.41 Å². The summed E-state index contributed by atoms with van der Waals surface area (Å²) in [7, 11) is 0. The highest BCUT2D eigenvalue weighted by atomic mass is 16.5. The lowest BCUT2D eigenvalue weighted by Crippen LogP contribution is -2.34. The Balaban J connectivity index is 2.17. The number of carbonyl (C=O) groups is 1. The van der Waals surface area contributed by atoms with Gasteiger partial charge in [-0.05, 0) is 32.6 Å². The third-order valence-electron chi connectivity index (χ3n) is 3.22. The fourth-order valence-corrected chi connectivity index (χ4v) is 2.75. The molecular formula is C11H16O2. The van der Waals surface area contributed by atoms with E-state index >= 15 is 0 Å². The van der Waals surface area contributed by atoms with E-state index in [0.29, 0.717) is 6.10 Å². The highest BCUT2D eigenvalue weighted by Crippen LogP contribution is 2.49. The van der Waals surface area contributed by atoms with Crippen LogP contribution in [0.25, 0.3) is 0 Å². The van der Waals surface area contributed by atoms with Gasteiger partial charge in [0.05, 0.1) is 17.6 Å². The molecule has 0 aromatic carbocycles. The third kappa shape index (κ3) is 1.33. The van der Waals surface area contributed by atoms with E-state index in [9.17, 15) is 4.79 Å². The number of aldehydes is 1. The van der Waals surface area contributed by atoms with Gasteiger partial charge in [-0.3, -0.25) is 0 Å². The van der Waals surface area contributed by atoms with Crippen molar-refractivity contribution in [2.75, 3.05) is 0 Å². The van der Waals surface area contributed by atoms with Crippen molar-refractivity contribution in [3.05, 3.63) is 12.2 Å². The van der Waals surface area contributed by atoms with Crippen molar-refractivity contribution in [1.29, 1.82) is 0 Å². The van der Waals surface area contributed by atoms with Crippen LogP contribution in [0, 0.1) is 5.41 Å². The maximum atomic E-state index is 11.1. The van der Waals surface area contributed by atoms with Crippen LogP contribution in [-0.4, -0.2) is 18.5 Å². The number of hydrogen-bond donors (Lipinski definition) is 0. The Labute approximate surface area is 79.0 Å². The van der Waals surface area contributed by atoms with Crippen LogP contribution in [0.1, 0.15) is 32.6 Å². The SMILES string of the molecule is C=C(C)CC1(C=O)CC2CCC1O2. The molecule has 2 bridgehead atoms. The molecule has 2 heterocycles. The van der Waals surface area contributed by atoms with Gasteiger partial charge in [0.25, 0.3) is 0 Å². The summed E-state index contributed by atoms with van der Waals surface area (Å²) in [5.41, 5.74) is 0.859. The number of rotatable bonds is 3. The lowest BCUT2D eigenvalue weighted by molar-refractivity contribution is -0.118. The van der Waals surface area contributed by atoms with Gasteiger partial charge in [-0.25, -0.2) is 0 Å². The lowest BCUT2D eigenvalue weighted by Gasteiger charge is -2.29. The van der Waals surface area contributed by atoms with Crippen molar-refractivity contribution < 1.29 is 9.53 Å². The van der Waals surface area contributed by atoms with Crippen molar-refractivity contribution in [3.63, 3.8) is 0 Å². The summed E-state index contributed by atoms with van der Waals surface area (Å²) in [5.74, 6) is 0. The first-order chi connectivity index (χ1) is 6.16. The third-order valence-corrected chi connectivity index (χ3v) is 3.22. The largest absolute Gasteiger partial charge is 0.374 e. The predicted molar refractivity (Wildman–Crippen MR) is 50.4 cm³/mol. The molecule has 0 saturated carbocycles. The second-order valence-corrected chi connectivity index (χ2v) is 4.51. The number of fused-ring (bicyclic) bond motifs is 2. The molecule has 13 heavy (non-hydrogen) atoms. The van der Waals surface area contributed by atoms with Crippen LogP contribution in [0.5, 0.6) is 0 Å².